The van der Waals surface area contributed by atoms with Gasteiger partial charge in [0.1, 0.15) is 0 Å². The number of ether oxygens (including phenoxy) is 2. The number of rotatable bonds is 2. The molecule has 0 aromatic rings. The van der Waals surface area contributed by atoms with Gasteiger partial charge >= 0.3 is 23.9 Å². The number of aliphatic hydroxyl groups is 1. The number of halogens is 5. The molecule has 2 fully saturated rings. The van der Waals surface area contributed by atoms with Crippen molar-refractivity contribution >= 4 is 5.97 Å². The Morgan fingerprint density at radius 1 is 1.30 bits per heavy atom. The molecule has 0 radical (unpaired) electrons. The van der Waals surface area contributed by atoms with Crippen LogP contribution in [0.1, 0.15) is 19.8 Å². The van der Waals surface area contributed by atoms with Crippen LogP contribution >= 0.6 is 0 Å². The summed E-state index contributed by atoms with van der Waals surface area (Å²) in [6.45, 7) is 0.738. The minimum absolute atomic E-state index is 0.0915. The van der Waals surface area contributed by atoms with Gasteiger partial charge in [-0.25, -0.2) is 0 Å². The summed E-state index contributed by atoms with van der Waals surface area (Å²) in [5, 5.41) is 9.28. The first kappa shape index (κ1) is 16.6. The molecule has 3 rings (SSSR count). The van der Waals surface area contributed by atoms with Gasteiger partial charge in [-0.05, 0) is 24.7 Å². The van der Waals surface area contributed by atoms with E-state index in [2.05, 4.69) is 4.74 Å². The first-order valence-corrected chi connectivity index (χ1v) is 7.21. The second-order valence-corrected chi connectivity index (χ2v) is 6.36. The molecular formula is C14H15F5O4. The molecule has 6 atom stereocenters. The van der Waals surface area contributed by atoms with E-state index in [-0.39, 0.29) is 11.8 Å². The fourth-order valence-electron chi connectivity index (χ4n) is 3.46. The van der Waals surface area contributed by atoms with Gasteiger partial charge in [-0.2, -0.15) is 22.0 Å². The molecule has 1 aliphatic heterocycles. The fraction of sp³-hybridized carbons (Fsp3) is 0.786. The van der Waals surface area contributed by atoms with Crippen LogP contribution in [0, 0.1) is 23.7 Å². The minimum atomic E-state index is -5.72. The van der Waals surface area contributed by atoms with Crippen LogP contribution in [-0.4, -0.2) is 35.3 Å². The highest BCUT2D eigenvalue weighted by molar-refractivity contribution is 5.74. The number of esters is 1. The third kappa shape index (κ3) is 2.27. The van der Waals surface area contributed by atoms with E-state index < -0.39 is 42.0 Å². The number of allylic oxidation sites excluding steroid dienone is 2. The lowest BCUT2D eigenvalue weighted by Crippen LogP contribution is -2.57. The Labute approximate surface area is 128 Å². The SMILES string of the molecule is CC1C(OC(=O)C2CC3C=CC2C3)OC(O)(C(F)(F)F)C1(F)F. The summed E-state index contributed by atoms with van der Waals surface area (Å²) in [6.07, 6.45) is -2.91. The molecule has 0 aromatic heterocycles. The molecule has 6 unspecified atom stereocenters. The van der Waals surface area contributed by atoms with Crippen molar-refractivity contribution in [2.24, 2.45) is 23.7 Å². The highest BCUT2D eigenvalue weighted by atomic mass is 19.4. The summed E-state index contributed by atoms with van der Waals surface area (Å²) in [5.41, 5.74) is 0. The van der Waals surface area contributed by atoms with E-state index in [1.54, 1.807) is 0 Å². The first-order chi connectivity index (χ1) is 10.5. The topological polar surface area (TPSA) is 55.8 Å². The standard InChI is InChI=1S/C14H15F5O4/c1-6-11(23-13(21,12(6,15)16)14(17,18)19)22-10(20)9-5-7-2-3-8(9)4-7/h2-3,6-9,11,21H,4-5H2,1H3. The molecule has 130 valence electrons. The van der Waals surface area contributed by atoms with Crippen molar-refractivity contribution in [1.29, 1.82) is 0 Å². The molecule has 1 saturated carbocycles. The van der Waals surface area contributed by atoms with Gasteiger partial charge in [0.15, 0.2) is 0 Å². The van der Waals surface area contributed by atoms with Crippen LogP contribution in [-0.2, 0) is 14.3 Å². The Hall–Kier alpha value is -1.22. The zero-order valence-electron chi connectivity index (χ0n) is 12.0. The van der Waals surface area contributed by atoms with Crippen LogP contribution < -0.4 is 0 Å². The molecule has 1 heterocycles. The molecule has 23 heavy (non-hydrogen) atoms. The fourth-order valence-corrected chi connectivity index (χ4v) is 3.46. The number of carbonyl (C=O) groups is 1. The zero-order chi connectivity index (χ0) is 17.2. The molecule has 2 bridgehead atoms. The summed E-state index contributed by atoms with van der Waals surface area (Å²) >= 11 is 0. The van der Waals surface area contributed by atoms with Gasteiger partial charge in [-0.15, -0.1) is 0 Å². The van der Waals surface area contributed by atoms with Gasteiger partial charge in [0, 0.05) is 0 Å². The lowest BCUT2D eigenvalue weighted by atomic mass is 9.93. The summed E-state index contributed by atoms with van der Waals surface area (Å²) in [7, 11) is 0. The predicted molar refractivity (Wildman–Crippen MR) is 64.9 cm³/mol. The van der Waals surface area contributed by atoms with E-state index in [1.165, 1.54) is 0 Å². The van der Waals surface area contributed by atoms with Crippen LogP contribution in [0.4, 0.5) is 22.0 Å². The van der Waals surface area contributed by atoms with E-state index >= 15 is 0 Å². The second-order valence-electron chi connectivity index (χ2n) is 6.36. The third-order valence-electron chi connectivity index (χ3n) is 4.92. The van der Waals surface area contributed by atoms with Crippen molar-refractivity contribution in [1.82, 2.24) is 0 Å². The first-order valence-electron chi connectivity index (χ1n) is 7.21. The lowest BCUT2D eigenvalue weighted by molar-refractivity contribution is -0.415. The third-order valence-corrected chi connectivity index (χ3v) is 4.92. The molecule has 0 spiro atoms. The molecule has 1 saturated heterocycles. The minimum Gasteiger partial charge on any atom is -0.435 e. The Balaban J connectivity index is 1.74. The Kier molecular flexibility index (Phi) is 3.54. The van der Waals surface area contributed by atoms with Crippen LogP contribution in [0.3, 0.4) is 0 Å². The maximum absolute atomic E-state index is 13.8. The molecule has 3 aliphatic rings. The highest BCUT2D eigenvalue weighted by Gasteiger charge is 2.79. The predicted octanol–water partition coefficient (Wildman–Crippen LogP) is 2.62. The van der Waals surface area contributed by atoms with Crippen molar-refractivity contribution < 1.29 is 41.3 Å². The van der Waals surface area contributed by atoms with E-state index in [1.807, 2.05) is 12.2 Å². The number of alkyl halides is 5. The summed E-state index contributed by atoms with van der Waals surface area (Å²) < 4.78 is 74.7. The smallest absolute Gasteiger partial charge is 0.435 e. The summed E-state index contributed by atoms with van der Waals surface area (Å²) in [5.74, 6) is -12.8. The normalized spacial score (nSPS) is 44.7. The van der Waals surface area contributed by atoms with Crippen molar-refractivity contribution in [2.75, 3.05) is 0 Å². The number of hydrogen-bond acceptors (Lipinski definition) is 4. The molecule has 0 aromatic carbocycles. The molecule has 9 heteroatoms. The Morgan fingerprint density at radius 2 is 1.96 bits per heavy atom. The molecule has 4 nitrogen and oxygen atoms in total. The number of hydrogen-bond donors (Lipinski definition) is 1. The van der Waals surface area contributed by atoms with Crippen molar-refractivity contribution in [3.8, 4) is 0 Å². The number of carbonyl (C=O) groups excluding carboxylic acids is 1. The summed E-state index contributed by atoms with van der Waals surface area (Å²) in [6, 6.07) is 0. The Morgan fingerprint density at radius 3 is 2.39 bits per heavy atom. The van der Waals surface area contributed by atoms with Gasteiger partial charge in [0.25, 0.3) is 0 Å². The van der Waals surface area contributed by atoms with Crippen molar-refractivity contribution in [3.05, 3.63) is 12.2 Å². The number of fused-ring (bicyclic) bond motifs is 2. The van der Waals surface area contributed by atoms with Crippen molar-refractivity contribution in [2.45, 2.75) is 43.9 Å². The maximum Gasteiger partial charge on any atom is 0.449 e. The zero-order valence-corrected chi connectivity index (χ0v) is 12.0. The monoisotopic (exact) mass is 342 g/mol. The quantitative estimate of drug-likeness (QED) is 0.476. The molecule has 0 amide bonds. The summed E-state index contributed by atoms with van der Waals surface area (Å²) in [4.78, 5) is 12.1. The van der Waals surface area contributed by atoms with E-state index in [0.717, 1.165) is 13.3 Å². The van der Waals surface area contributed by atoms with Crippen LogP contribution in [0.25, 0.3) is 0 Å². The van der Waals surface area contributed by atoms with Crippen LogP contribution in [0.2, 0.25) is 0 Å². The van der Waals surface area contributed by atoms with Gasteiger partial charge in [-0.3, -0.25) is 9.53 Å². The van der Waals surface area contributed by atoms with Crippen molar-refractivity contribution in [3.63, 3.8) is 0 Å². The lowest BCUT2D eigenvalue weighted by Gasteiger charge is -2.30. The van der Waals surface area contributed by atoms with E-state index in [9.17, 15) is 31.9 Å². The van der Waals surface area contributed by atoms with Crippen LogP contribution in [0.15, 0.2) is 12.2 Å². The van der Waals surface area contributed by atoms with Gasteiger partial charge < -0.3 is 9.84 Å². The van der Waals surface area contributed by atoms with Gasteiger partial charge in [0.2, 0.25) is 6.29 Å². The van der Waals surface area contributed by atoms with Crippen LogP contribution in [0.5, 0.6) is 0 Å². The van der Waals surface area contributed by atoms with E-state index in [0.29, 0.717) is 6.42 Å². The molecule has 2 aliphatic carbocycles. The highest BCUT2D eigenvalue weighted by Crippen LogP contribution is 2.54. The average molecular weight is 342 g/mol. The molecule has 1 N–H and O–H groups in total. The second kappa shape index (κ2) is 4.89. The largest absolute Gasteiger partial charge is 0.449 e. The average Bonchev–Trinajstić information content (AvgIpc) is 3.09. The van der Waals surface area contributed by atoms with E-state index in [4.69, 9.17) is 4.74 Å². The van der Waals surface area contributed by atoms with Gasteiger partial charge in [-0.1, -0.05) is 19.1 Å². The molecular weight excluding hydrogens is 327 g/mol. The van der Waals surface area contributed by atoms with Gasteiger partial charge in [0.05, 0.1) is 11.8 Å². The maximum atomic E-state index is 13.8. The Bertz CT molecular complexity index is 546.